The van der Waals surface area contributed by atoms with Gasteiger partial charge >= 0.3 is 5.97 Å². The molecule has 0 atom stereocenters. The zero-order valence-corrected chi connectivity index (χ0v) is 10.9. The van der Waals surface area contributed by atoms with Crippen molar-refractivity contribution in [1.29, 1.82) is 0 Å². The van der Waals surface area contributed by atoms with Gasteiger partial charge in [0.1, 0.15) is 5.69 Å². The topological polar surface area (TPSA) is 96.4 Å². The number of carboxylic acid groups (broad SMARTS) is 1. The Bertz CT molecular complexity index is 545. The Morgan fingerprint density at radius 2 is 1.83 bits per heavy atom. The molecule has 0 aromatic carbocycles. The number of nitrogens with one attached hydrogen (secondary N) is 1. The number of nitrogens with zero attached hydrogens (tertiary/aromatic N) is 1. The number of thiazole rings is 1. The van der Waals surface area contributed by atoms with Crippen LogP contribution in [0.4, 0.5) is 5.13 Å². The van der Waals surface area contributed by atoms with Crippen LogP contribution in [0.3, 0.4) is 0 Å². The van der Waals surface area contributed by atoms with Gasteiger partial charge in [-0.05, 0) is 13.8 Å². The van der Waals surface area contributed by atoms with E-state index < -0.39 is 11.9 Å². The molecule has 0 radical (unpaired) electrons. The first-order chi connectivity index (χ1) is 8.32. The van der Waals surface area contributed by atoms with Crippen molar-refractivity contribution < 1.29 is 19.5 Å². The summed E-state index contributed by atoms with van der Waals surface area (Å²) in [7, 11) is 0. The zero-order valence-electron chi connectivity index (χ0n) is 10.1. The highest BCUT2D eigenvalue weighted by atomic mass is 32.1. The van der Waals surface area contributed by atoms with Crippen LogP contribution in [-0.4, -0.2) is 27.8 Å². The lowest BCUT2D eigenvalue weighted by Crippen LogP contribution is -2.16. The first kappa shape index (κ1) is 14.0. The molecule has 1 amide bonds. The number of carbonyl (C=O) groups is 3. The molecule has 0 saturated heterocycles. The largest absolute Gasteiger partial charge is 0.478 e. The predicted molar refractivity (Wildman–Crippen MR) is 66.8 cm³/mol. The van der Waals surface area contributed by atoms with Gasteiger partial charge in [0.2, 0.25) is 0 Å². The molecule has 7 heteroatoms. The standard InChI is InChI=1S/C11H12N2O4S/c1-5(6(2)10(16)17)9(15)13-11-12-8(4-18-11)7(3)14/h4H,1-3H3,(H,16,17)(H,12,13,15). The second-order valence-electron chi connectivity index (χ2n) is 3.60. The highest BCUT2D eigenvalue weighted by molar-refractivity contribution is 7.14. The van der Waals surface area contributed by atoms with Crippen molar-refractivity contribution >= 4 is 34.1 Å². The van der Waals surface area contributed by atoms with Crippen LogP contribution in [0.25, 0.3) is 0 Å². The summed E-state index contributed by atoms with van der Waals surface area (Å²) in [4.78, 5) is 37.3. The lowest BCUT2D eigenvalue weighted by Gasteiger charge is -2.03. The molecule has 2 N–H and O–H groups in total. The van der Waals surface area contributed by atoms with Crippen LogP contribution in [0.5, 0.6) is 0 Å². The number of anilines is 1. The van der Waals surface area contributed by atoms with Gasteiger partial charge in [-0.3, -0.25) is 14.9 Å². The van der Waals surface area contributed by atoms with E-state index in [4.69, 9.17) is 5.11 Å². The highest BCUT2D eigenvalue weighted by Crippen LogP contribution is 2.17. The van der Waals surface area contributed by atoms with Crippen molar-refractivity contribution in [2.75, 3.05) is 5.32 Å². The number of aromatic nitrogens is 1. The van der Waals surface area contributed by atoms with Gasteiger partial charge in [0.15, 0.2) is 10.9 Å². The Kier molecular flexibility index (Phi) is 4.33. The number of amides is 1. The van der Waals surface area contributed by atoms with E-state index in [0.29, 0.717) is 0 Å². The van der Waals surface area contributed by atoms with Crippen LogP contribution in [0.2, 0.25) is 0 Å². The molecule has 0 aliphatic heterocycles. The highest BCUT2D eigenvalue weighted by Gasteiger charge is 2.14. The van der Waals surface area contributed by atoms with Gasteiger partial charge in [-0.15, -0.1) is 11.3 Å². The van der Waals surface area contributed by atoms with Gasteiger partial charge < -0.3 is 5.11 Å². The minimum atomic E-state index is -1.15. The summed E-state index contributed by atoms with van der Waals surface area (Å²) in [5.74, 6) is -1.88. The maximum absolute atomic E-state index is 11.7. The predicted octanol–water partition coefficient (Wildman–Crippen LogP) is 1.71. The lowest BCUT2D eigenvalue weighted by molar-refractivity contribution is -0.133. The zero-order chi connectivity index (χ0) is 13.9. The molecule has 0 spiro atoms. The van der Waals surface area contributed by atoms with Crippen LogP contribution in [0.1, 0.15) is 31.3 Å². The van der Waals surface area contributed by atoms with Crippen molar-refractivity contribution in [1.82, 2.24) is 4.98 Å². The third-order valence-corrected chi connectivity index (χ3v) is 3.07. The maximum atomic E-state index is 11.7. The fraction of sp³-hybridized carbons (Fsp3) is 0.273. The maximum Gasteiger partial charge on any atom is 0.331 e. The molecular weight excluding hydrogens is 256 g/mol. The fourth-order valence-electron chi connectivity index (χ4n) is 1.01. The molecule has 1 heterocycles. The van der Waals surface area contributed by atoms with Crippen molar-refractivity contribution in [3.63, 3.8) is 0 Å². The third kappa shape index (κ3) is 3.24. The number of aliphatic carboxylic acids is 1. The summed E-state index contributed by atoms with van der Waals surface area (Å²) < 4.78 is 0. The molecule has 0 fully saturated rings. The Labute approximate surface area is 107 Å². The molecule has 1 aromatic heterocycles. The first-order valence-corrected chi connectivity index (χ1v) is 5.89. The van der Waals surface area contributed by atoms with Crippen LogP contribution in [0.15, 0.2) is 16.5 Å². The number of rotatable bonds is 4. The minimum Gasteiger partial charge on any atom is -0.478 e. The van der Waals surface area contributed by atoms with Crippen molar-refractivity contribution in [3.05, 3.63) is 22.2 Å². The van der Waals surface area contributed by atoms with Crippen LogP contribution >= 0.6 is 11.3 Å². The van der Waals surface area contributed by atoms with E-state index in [1.165, 1.54) is 26.2 Å². The third-order valence-electron chi connectivity index (χ3n) is 2.31. The number of Topliss-reactive ketones (excluding diaryl/α,β-unsaturated/α-hetero) is 1. The van der Waals surface area contributed by atoms with Gasteiger partial charge in [-0.2, -0.15) is 0 Å². The molecule has 96 valence electrons. The van der Waals surface area contributed by atoms with Gasteiger partial charge in [0.05, 0.1) is 0 Å². The second-order valence-corrected chi connectivity index (χ2v) is 4.46. The monoisotopic (exact) mass is 268 g/mol. The van der Waals surface area contributed by atoms with Crippen molar-refractivity contribution in [2.45, 2.75) is 20.8 Å². The van der Waals surface area contributed by atoms with Crippen LogP contribution in [-0.2, 0) is 9.59 Å². The molecule has 0 saturated carbocycles. The Morgan fingerprint density at radius 1 is 1.22 bits per heavy atom. The van der Waals surface area contributed by atoms with E-state index in [-0.39, 0.29) is 27.8 Å². The van der Waals surface area contributed by atoms with Gasteiger partial charge in [-0.1, -0.05) is 0 Å². The SMILES string of the molecule is CC(=O)c1csc(NC(=O)C(C)=C(C)C(=O)O)n1. The van der Waals surface area contributed by atoms with Gasteiger partial charge in [0.25, 0.3) is 5.91 Å². The Balaban J connectivity index is 2.85. The number of hydrogen-bond donors (Lipinski definition) is 2. The quantitative estimate of drug-likeness (QED) is 0.640. The van der Waals surface area contributed by atoms with Gasteiger partial charge in [-0.25, -0.2) is 9.78 Å². The summed E-state index contributed by atoms with van der Waals surface area (Å²) in [6.45, 7) is 4.14. The summed E-state index contributed by atoms with van der Waals surface area (Å²) >= 11 is 1.11. The minimum absolute atomic E-state index is 0.0316. The molecule has 1 rings (SSSR count). The molecule has 0 aliphatic carbocycles. The first-order valence-electron chi connectivity index (χ1n) is 5.01. The van der Waals surface area contributed by atoms with Gasteiger partial charge in [0, 0.05) is 23.5 Å². The van der Waals surface area contributed by atoms with E-state index in [1.54, 1.807) is 0 Å². The van der Waals surface area contributed by atoms with Crippen molar-refractivity contribution in [2.24, 2.45) is 0 Å². The van der Waals surface area contributed by atoms with Crippen molar-refractivity contribution in [3.8, 4) is 0 Å². The smallest absolute Gasteiger partial charge is 0.331 e. The normalized spacial score (nSPS) is 11.7. The molecule has 6 nitrogen and oxygen atoms in total. The number of carbonyl (C=O) groups excluding carboxylic acids is 2. The van der Waals surface area contributed by atoms with E-state index in [2.05, 4.69) is 10.3 Å². The number of ketones is 1. The summed E-state index contributed by atoms with van der Waals surface area (Å²) in [6, 6.07) is 0. The average molecular weight is 268 g/mol. The van der Waals surface area contributed by atoms with E-state index in [9.17, 15) is 14.4 Å². The Hall–Kier alpha value is -2.02. The summed E-state index contributed by atoms with van der Waals surface area (Å²) in [5.41, 5.74) is 0.338. The summed E-state index contributed by atoms with van der Waals surface area (Å²) in [6.07, 6.45) is 0. The number of carboxylic acids is 1. The fourth-order valence-corrected chi connectivity index (χ4v) is 1.76. The van der Waals surface area contributed by atoms with Crippen LogP contribution in [0, 0.1) is 0 Å². The average Bonchev–Trinajstić information content (AvgIpc) is 2.75. The Morgan fingerprint density at radius 3 is 2.28 bits per heavy atom. The molecule has 1 aromatic rings. The van der Waals surface area contributed by atoms with E-state index in [1.807, 2.05) is 0 Å². The van der Waals surface area contributed by atoms with E-state index >= 15 is 0 Å². The second kappa shape index (κ2) is 5.54. The van der Waals surface area contributed by atoms with E-state index in [0.717, 1.165) is 11.3 Å². The molecular formula is C11H12N2O4S. The summed E-state index contributed by atoms with van der Waals surface area (Å²) in [5, 5.41) is 13.0. The molecule has 0 aliphatic rings. The molecule has 18 heavy (non-hydrogen) atoms. The number of hydrogen-bond acceptors (Lipinski definition) is 5. The van der Waals surface area contributed by atoms with Crippen LogP contribution < -0.4 is 5.32 Å². The lowest BCUT2D eigenvalue weighted by atomic mass is 10.1. The molecule has 0 bridgehead atoms. The molecule has 0 unspecified atom stereocenters.